The summed E-state index contributed by atoms with van der Waals surface area (Å²) in [5.74, 6) is -1.33. The van der Waals surface area contributed by atoms with E-state index in [1.54, 1.807) is 43.9 Å². The van der Waals surface area contributed by atoms with Gasteiger partial charge in [-0.3, -0.25) is 4.79 Å². The number of benzene rings is 2. The van der Waals surface area contributed by atoms with Crippen molar-refractivity contribution in [1.82, 2.24) is 15.2 Å². The fourth-order valence-electron chi connectivity index (χ4n) is 5.11. The fraction of sp³-hybridized carbons (Fsp3) is 0.438. The van der Waals surface area contributed by atoms with E-state index in [0.717, 1.165) is 22.5 Å². The first-order valence-corrected chi connectivity index (χ1v) is 18.3. The van der Waals surface area contributed by atoms with Crippen molar-refractivity contribution in [3.63, 3.8) is 0 Å². The zero-order chi connectivity index (χ0) is 31.4. The third-order valence-corrected chi connectivity index (χ3v) is 8.88. The molecule has 0 saturated carbocycles. The number of aromatic amines is 1. The van der Waals surface area contributed by atoms with Gasteiger partial charge in [0.15, 0.2) is 0 Å². The first-order valence-electron chi connectivity index (χ1n) is 14.6. The summed E-state index contributed by atoms with van der Waals surface area (Å²) >= 11 is 0. The van der Waals surface area contributed by atoms with Gasteiger partial charge in [-0.2, -0.15) is 0 Å². The maximum atomic E-state index is 13.6. The Hall–Kier alpha value is -4.12. The molecule has 0 bridgehead atoms. The molecule has 2 atom stereocenters. The Balaban J connectivity index is 1.43. The molecule has 3 amide bonds. The van der Waals surface area contributed by atoms with E-state index in [0.29, 0.717) is 30.7 Å². The van der Waals surface area contributed by atoms with Crippen LogP contribution in [-0.4, -0.2) is 66.6 Å². The number of fused-ring (bicyclic) bond motifs is 1. The maximum absolute atomic E-state index is 13.6. The Labute approximate surface area is 253 Å². The number of hydrogen-bond acceptors (Lipinski definition) is 6. The van der Waals surface area contributed by atoms with Crippen LogP contribution in [0.1, 0.15) is 55.6 Å². The summed E-state index contributed by atoms with van der Waals surface area (Å²) in [6, 6.07) is 13.3. The van der Waals surface area contributed by atoms with Crippen LogP contribution in [0.5, 0.6) is 0 Å². The quantitative estimate of drug-likeness (QED) is 0.207. The molecule has 4 rings (SSSR count). The highest BCUT2D eigenvalue weighted by atomic mass is 28.3. The number of likely N-dealkylation sites (tertiary alicyclic amines) is 1. The third kappa shape index (κ3) is 8.47. The molecule has 3 aromatic rings. The molecule has 2 aromatic carbocycles. The zero-order valence-corrected chi connectivity index (χ0v) is 26.8. The number of para-hydroxylation sites is 1. The normalized spacial score (nSPS) is 17.0. The van der Waals surface area contributed by atoms with Crippen molar-refractivity contribution in [2.45, 2.75) is 77.0 Å². The topological polar surface area (TPSA) is 130 Å². The molecule has 1 aromatic heterocycles. The Morgan fingerprint density at radius 1 is 1.02 bits per heavy atom. The predicted molar refractivity (Wildman–Crippen MR) is 169 cm³/mol. The highest BCUT2D eigenvalue weighted by Crippen LogP contribution is 2.40. The number of ether oxygens (including phenoxy) is 2. The van der Waals surface area contributed by atoms with Gasteiger partial charge in [0, 0.05) is 30.9 Å². The van der Waals surface area contributed by atoms with Gasteiger partial charge in [-0.1, -0.05) is 43.9 Å². The summed E-state index contributed by atoms with van der Waals surface area (Å²) in [5, 5.41) is 6.25. The minimum absolute atomic E-state index is 0.322. The van der Waals surface area contributed by atoms with Crippen LogP contribution in [0.4, 0.5) is 10.5 Å². The Morgan fingerprint density at radius 2 is 1.77 bits per heavy atom. The third-order valence-electron chi connectivity index (χ3n) is 7.17. The van der Waals surface area contributed by atoms with Gasteiger partial charge in [0.1, 0.15) is 11.6 Å². The number of aromatic nitrogens is 1. The molecule has 1 saturated heterocycles. The molecule has 11 heteroatoms. The van der Waals surface area contributed by atoms with Crippen LogP contribution >= 0.6 is 0 Å². The van der Waals surface area contributed by atoms with E-state index in [9.17, 15) is 19.2 Å². The van der Waals surface area contributed by atoms with Gasteiger partial charge in [-0.05, 0) is 69.5 Å². The molecule has 2 heterocycles. The molecular formula is C32H42N4O6Si. The molecule has 1 aliphatic heterocycles. The van der Waals surface area contributed by atoms with E-state index in [-0.39, 0.29) is 12.6 Å². The van der Waals surface area contributed by atoms with Crippen molar-refractivity contribution in [2.75, 3.05) is 18.5 Å². The monoisotopic (exact) mass is 606 g/mol. The van der Waals surface area contributed by atoms with Crippen molar-refractivity contribution >= 4 is 48.5 Å². The molecule has 1 fully saturated rings. The van der Waals surface area contributed by atoms with Gasteiger partial charge in [-0.25, -0.2) is 14.4 Å². The summed E-state index contributed by atoms with van der Waals surface area (Å²) < 4.78 is 11.1. The second-order valence-electron chi connectivity index (χ2n) is 13.1. The zero-order valence-electron chi connectivity index (χ0n) is 25.8. The molecule has 0 unspecified atom stereocenters. The number of carbonyl (C=O) groups is 4. The number of esters is 2. The van der Waals surface area contributed by atoms with E-state index in [1.807, 2.05) is 30.5 Å². The van der Waals surface area contributed by atoms with Crippen LogP contribution in [0.25, 0.3) is 10.9 Å². The average molecular weight is 607 g/mol. The lowest BCUT2D eigenvalue weighted by Crippen LogP contribution is -2.48. The van der Waals surface area contributed by atoms with Crippen LogP contribution in [0, 0.1) is 0 Å². The molecule has 0 radical (unpaired) electrons. The van der Waals surface area contributed by atoms with Crippen LogP contribution < -0.4 is 10.6 Å². The van der Waals surface area contributed by atoms with E-state index in [1.165, 1.54) is 6.07 Å². The Morgan fingerprint density at radius 3 is 2.49 bits per heavy atom. The van der Waals surface area contributed by atoms with Crippen LogP contribution in [-0.2, 0) is 19.1 Å². The number of nitrogens with one attached hydrogen (secondary N) is 3. The smallest absolute Gasteiger partial charge is 0.338 e. The number of carbonyl (C=O) groups excluding carboxylic acids is 4. The van der Waals surface area contributed by atoms with E-state index < -0.39 is 43.6 Å². The van der Waals surface area contributed by atoms with Gasteiger partial charge in [0.2, 0.25) is 5.91 Å². The van der Waals surface area contributed by atoms with Crippen molar-refractivity contribution in [3.8, 4) is 0 Å². The van der Waals surface area contributed by atoms with Crippen molar-refractivity contribution in [1.29, 1.82) is 0 Å². The van der Waals surface area contributed by atoms with Gasteiger partial charge < -0.3 is 30.0 Å². The second kappa shape index (κ2) is 13.0. The van der Waals surface area contributed by atoms with Crippen LogP contribution in [0.3, 0.4) is 0 Å². The summed E-state index contributed by atoms with van der Waals surface area (Å²) in [4.78, 5) is 56.9. The highest BCUT2D eigenvalue weighted by molar-refractivity contribution is 6.76. The van der Waals surface area contributed by atoms with Crippen LogP contribution in [0.15, 0.2) is 54.7 Å². The van der Waals surface area contributed by atoms with Gasteiger partial charge in [0.05, 0.1) is 24.8 Å². The Bertz CT molecular complexity index is 1490. The summed E-state index contributed by atoms with van der Waals surface area (Å²) in [7, 11) is -1.34. The molecule has 0 spiro atoms. The van der Waals surface area contributed by atoms with Crippen molar-refractivity contribution in [3.05, 3.63) is 65.9 Å². The number of rotatable bonds is 9. The van der Waals surface area contributed by atoms with Crippen LogP contribution in [0.2, 0.25) is 25.7 Å². The first kappa shape index (κ1) is 31.8. The molecule has 3 N–H and O–H groups in total. The minimum atomic E-state index is -1.34. The number of amides is 3. The SMILES string of the molecule is CC(C)(C)OC(=O)[C@@H]1CC[C@@H](c2c[nH]c3ccccc23)N1C(=O)CNC(=O)Nc1cccc(C(=O)OCC[Si](C)(C)C)c1. The van der Waals surface area contributed by atoms with E-state index in [2.05, 4.69) is 35.3 Å². The maximum Gasteiger partial charge on any atom is 0.338 e. The van der Waals surface area contributed by atoms with Crippen molar-refractivity contribution < 1.29 is 28.7 Å². The molecule has 43 heavy (non-hydrogen) atoms. The number of anilines is 1. The second-order valence-corrected chi connectivity index (χ2v) is 18.7. The predicted octanol–water partition coefficient (Wildman–Crippen LogP) is 5.86. The standard InChI is InChI=1S/C32H42N4O6Si/c1-32(2,3)42-30(39)27-15-14-26(24-19-33-25-13-8-7-12-23(24)25)36(27)28(37)20-34-31(40)35-22-11-9-10-21(18-22)29(38)41-16-17-43(4,5)6/h7-13,18-19,26-27,33H,14-17,20H2,1-6H3,(H2,34,35,40)/t26-,27-/m0/s1. The molecule has 1 aliphatic rings. The summed E-state index contributed by atoms with van der Waals surface area (Å²) in [6.45, 7) is 12.0. The highest BCUT2D eigenvalue weighted by Gasteiger charge is 2.44. The summed E-state index contributed by atoms with van der Waals surface area (Å²) in [5.41, 5.74) is 1.84. The van der Waals surface area contributed by atoms with Crippen molar-refractivity contribution in [2.24, 2.45) is 0 Å². The largest absolute Gasteiger partial charge is 0.462 e. The van der Waals surface area contributed by atoms with Gasteiger partial charge in [-0.15, -0.1) is 0 Å². The van der Waals surface area contributed by atoms with E-state index in [4.69, 9.17) is 9.47 Å². The molecule has 0 aliphatic carbocycles. The molecule has 230 valence electrons. The molecule has 10 nitrogen and oxygen atoms in total. The lowest BCUT2D eigenvalue weighted by molar-refractivity contribution is -0.164. The lowest BCUT2D eigenvalue weighted by Gasteiger charge is -2.31. The number of H-pyrrole nitrogens is 1. The lowest BCUT2D eigenvalue weighted by atomic mass is 10.0. The van der Waals surface area contributed by atoms with Gasteiger partial charge >= 0.3 is 18.0 Å². The van der Waals surface area contributed by atoms with Gasteiger partial charge in [0.25, 0.3) is 0 Å². The first-order chi connectivity index (χ1) is 20.2. The fourth-order valence-corrected chi connectivity index (χ4v) is 5.83. The van der Waals surface area contributed by atoms with E-state index >= 15 is 0 Å². The number of urea groups is 1. The number of nitrogens with zero attached hydrogens (tertiary/aromatic N) is 1. The minimum Gasteiger partial charge on any atom is -0.462 e. The molecular weight excluding hydrogens is 564 g/mol. The number of hydrogen-bond donors (Lipinski definition) is 3. The Kier molecular flexibility index (Phi) is 9.64. The summed E-state index contributed by atoms with van der Waals surface area (Å²) in [6.07, 6.45) is 2.89. The average Bonchev–Trinajstić information content (AvgIpc) is 3.55.